The topological polar surface area (TPSA) is 99.9 Å². The smallest absolute Gasteiger partial charge is 0.343 e. The first kappa shape index (κ1) is 19.2. The summed E-state index contributed by atoms with van der Waals surface area (Å²) in [7, 11) is 2.70. The van der Waals surface area contributed by atoms with Gasteiger partial charge in [-0.25, -0.2) is 4.79 Å². The fourth-order valence-electron chi connectivity index (χ4n) is 1.37. The van der Waals surface area contributed by atoms with Crippen LogP contribution in [0.25, 0.3) is 0 Å². The fraction of sp³-hybridized carbons (Fsp3) is 0.385. The molecule has 0 spiro atoms. The van der Waals surface area contributed by atoms with Crippen molar-refractivity contribution < 1.29 is 23.8 Å². The Bertz CT molecular complexity index is 448. The van der Waals surface area contributed by atoms with Crippen molar-refractivity contribution in [2.45, 2.75) is 6.10 Å². The molecule has 8 heteroatoms. The van der Waals surface area contributed by atoms with E-state index < -0.39 is 12.1 Å². The van der Waals surface area contributed by atoms with Crippen molar-refractivity contribution in [3.63, 3.8) is 0 Å². The van der Waals surface area contributed by atoms with Crippen LogP contribution in [0.2, 0.25) is 0 Å². The summed E-state index contributed by atoms with van der Waals surface area (Å²) in [6.07, 6.45) is -0.690. The number of hydrogen-bond donors (Lipinski definition) is 2. The molecule has 3 N–H and O–H groups in total. The van der Waals surface area contributed by atoms with Crippen molar-refractivity contribution >= 4 is 30.0 Å². The molecule has 1 aromatic rings. The van der Waals surface area contributed by atoms with Crippen molar-refractivity contribution in [1.29, 1.82) is 0 Å². The van der Waals surface area contributed by atoms with Crippen LogP contribution < -0.4 is 15.8 Å². The molecule has 0 fully saturated rings. The van der Waals surface area contributed by atoms with Crippen LogP contribution in [0.1, 0.15) is 0 Å². The summed E-state index contributed by atoms with van der Waals surface area (Å²) < 4.78 is 14.6. The van der Waals surface area contributed by atoms with Gasteiger partial charge in [0, 0.05) is 19.3 Å². The number of carbonyl (C=O) groups is 2. The molecule has 1 aromatic carbocycles. The number of esters is 1. The van der Waals surface area contributed by atoms with E-state index in [4.69, 9.17) is 15.2 Å². The van der Waals surface area contributed by atoms with Gasteiger partial charge in [0.25, 0.3) is 5.91 Å². The van der Waals surface area contributed by atoms with E-state index in [1.54, 1.807) is 24.3 Å². The van der Waals surface area contributed by atoms with Crippen LogP contribution in [0.5, 0.6) is 5.75 Å². The molecule has 7 nitrogen and oxygen atoms in total. The first-order chi connectivity index (χ1) is 9.60. The lowest BCUT2D eigenvalue weighted by atomic mass is 10.2. The molecule has 1 atom stereocenters. The number of methoxy groups -OCH3 is 2. The minimum Gasteiger partial charge on any atom is -0.482 e. The van der Waals surface area contributed by atoms with Crippen LogP contribution in [0, 0.1) is 0 Å². The minimum atomic E-state index is -0.690. The lowest BCUT2D eigenvalue weighted by molar-refractivity contribution is -0.142. The zero-order chi connectivity index (χ0) is 15.0. The molecule has 0 saturated carbocycles. The number of anilines is 1. The van der Waals surface area contributed by atoms with Gasteiger partial charge in [0.15, 0.2) is 6.61 Å². The number of nitrogens with two attached hydrogens (primary N) is 1. The average molecular weight is 319 g/mol. The molecule has 118 valence electrons. The summed E-state index contributed by atoms with van der Waals surface area (Å²) >= 11 is 0. The lowest BCUT2D eigenvalue weighted by Crippen LogP contribution is -2.35. The Kier molecular flexibility index (Phi) is 9.11. The van der Waals surface area contributed by atoms with Gasteiger partial charge < -0.3 is 25.3 Å². The third-order valence-corrected chi connectivity index (χ3v) is 2.50. The maximum Gasteiger partial charge on any atom is 0.343 e. The molecule has 1 rings (SSSR count). The SMILES string of the molecule is COC(=O)COc1ccc(NC(=O)C(CN)OC)cc1.Cl. The van der Waals surface area contributed by atoms with Gasteiger partial charge in [0.1, 0.15) is 11.9 Å². The number of carbonyl (C=O) groups excluding carboxylic acids is 2. The van der Waals surface area contributed by atoms with Crippen molar-refractivity contribution in [2.24, 2.45) is 5.73 Å². The maximum absolute atomic E-state index is 11.7. The van der Waals surface area contributed by atoms with Gasteiger partial charge in [-0.15, -0.1) is 12.4 Å². The van der Waals surface area contributed by atoms with E-state index in [1.165, 1.54) is 14.2 Å². The molecule has 1 unspecified atom stereocenters. The highest BCUT2D eigenvalue weighted by Gasteiger charge is 2.15. The monoisotopic (exact) mass is 318 g/mol. The zero-order valence-electron chi connectivity index (χ0n) is 11.8. The van der Waals surface area contributed by atoms with Crippen molar-refractivity contribution in [3.8, 4) is 5.75 Å². The van der Waals surface area contributed by atoms with Crippen LogP contribution in [-0.2, 0) is 19.1 Å². The second-order valence-corrected chi connectivity index (χ2v) is 3.84. The summed E-state index contributed by atoms with van der Waals surface area (Å²) in [5.74, 6) is -0.290. The number of halogens is 1. The summed E-state index contributed by atoms with van der Waals surface area (Å²) in [6, 6.07) is 6.55. The van der Waals surface area contributed by atoms with Crippen LogP contribution in [-0.4, -0.2) is 45.4 Å². The van der Waals surface area contributed by atoms with Gasteiger partial charge >= 0.3 is 5.97 Å². The van der Waals surface area contributed by atoms with Gasteiger partial charge in [-0.05, 0) is 24.3 Å². The number of rotatable bonds is 7. The van der Waals surface area contributed by atoms with E-state index in [9.17, 15) is 9.59 Å². The molecule has 0 aromatic heterocycles. The van der Waals surface area contributed by atoms with E-state index >= 15 is 0 Å². The quantitative estimate of drug-likeness (QED) is 0.713. The second kappa shape index (κ2) is 9.98. The number of ether oxygens (including phenoxy) is 3. The Morgan fingerprint density at radius 2 is 1.86 bits per heavy atom. The standard InChI is InChI=1S/C13H18N2O5.ClH/c1-18-11(7-14)13(17)15-9-3-5-10(6-4-9)20-8-12(16)19-2;/h3-6,11H,7-8,14H2,1-2H3,(H,15,17);1H. The Morgan fingerprint density at radius 1 is 1.24 bits per heavy atom. The highest BCUT2D eigenvalue weighted by molar-refractivity contribution is 5.94. The normalized spacial score (nSPS) is 11.0. The summed E-state index contributed by atoms with van der Waals surface area (Å²) in [5.41, 5.74) is 5.97. The minimum absolute atomic E-state index is 0. The van der Waals surface area contributed by atoms with Gasteiger partial charge in [0.2, 0.25) is 0 Å². The fourth-order valence-corrected chi connectivity index (χ4v) is 1.37. The van der Waals surface area contributed by atoms with Gasteiger partial charge in [-0.3, -0.25) is 4.79 Å². The predicted molar refractivity (Wildman–Crippen MR) is 79.7 cm³/mol. The summed E-state index contributed by atoms with van der Waals surface area (Å²) in [4.78, 5) is 22.6. The first-order valence-corrected chi connectivity index (χ1v) is 5.94. The van der Waals surface area contributed by atoms with E-state index in [1.807, 2.05) is 0 Å². The number of nitrogens with one attached hydrogen (secondary N) is 1. The van der Waals surface area contributed by atoms with Crippen LogP contribution in [0.3, 0.4) is 0 Å². The zero-order valence-corrected chi connectivity index (χ0v) is 12.6. The number of amides is 1. The Hall–Kier alpha value is -1.83. The van der Waals surface area contributed by atoms with Crippen LogP contribution in [0.4, 0.5) is 5.69 Å². The molecule has 0 aliphatic rings. The average Bonchev–Trinajstić information content (AvgIpc) is 2.47. The highest BCUT2D eigenvalue weighted by Crippen LogP contribution is 2.16. The Balaban J connectivity index is 0.00000400. The predicted octanol–water partition coefficient (Wildman–Crippen LogP) is 0.572. The van der Waals surface area contributed by atoms with Gasteiger partial charge in [-0.2, -0.15) is 0 Å². The van der Waals surface area contributed by atoms with Crippen molar-refractivity contribution in [3.05, 3.63) is 24.3 Å². The molecule has 0 aliphatic carbocycles. The summed E-state index contributed by atoms with van der Waals surface area (Å²) in [6.45, 7) is -0.0657. The Morgan fingerprint density at radius 3 is 2.33 bits per heavy atom. The van der Waals surface area contributed by atoms with Crippen LogP contribution >= 0.6 is 12.4 Å². The van der Waals surface area contributed by atoms with Gasteiger partial charge in [0.05, 0.1) is 7.11 Å². The van der Waals surface area contributed by atoms with Crippen molar-refractivity contribution in [2.75, 3.05) is 32.7 Å². The molecule has 1 amide bonds. The van der Waals surface area contributed by atoms with E-state index in [-0.39, 0.29) is 31.5 Å². The summed E-state index contributed by atoms with van der Waals surface area (Å²) in [5, 5.41) is 2.66. The number of benzene rings is 1. The molecule has 21 heavy (non-hydrogen) atoms. The molecule has 0 radical (unpaired) electrons. The third-order valence-electron chi connectivity index (χ3n) is 2.50. The van der Waals surface area contributed by atoms with E-state index in [0.29, 0.717) is 11.4 Å². The van der Waals surface area contributed by atoms with E-state index in [0.717, 1.165) is 0 Å². The molecular weight excluding hydrogens is 300 g/mol. The Labute approximate surface area is 129 Å². The number of hydrogen-bond acceptors (Lipinski definition) is 6. The van der Waals surface area contributed by atoms with E-state index in [2.05, 4.69) is 10.1 Å². The van der Waals surface area contributed by atoms with Gasteiger partial charge in [-0.1, -0.05) is 0 Å². The molecule has 0 bridgehead atoms. The molecule has 0 heterocycles. The molecule has 0 aliphatic heterocycles. The van der Waals surface area contributed by atoms with Crippen LogP contribution in [0.15, 0.2) is 24.3 Å². The molecular formula is C13H19ClN2O5. The largest absolute Gasteiger partial charge is 0.482 e. The third kappa shape index (κ3) is 6.44. The van der Waals surface area contributed by atoms with Crippen molar-refractivity contribution in [1.82, 2.24) is 0 Å². The highest BCUT2D eigenvalue weighted by atomic mass is 35.5. The maximum atomic E-state index is 11.7. The first-order valence-electron chi connectivity index (χ1n) is 5.94. The lowest BCUT2D eigenvalue weighted by Gasteiger charge is -2.13. The second-order valence-electron chi connectivity index (χ2n) is 3.84. The molecule has 0 saturated heterocycles.